The van der Waals surface area contributed by atoms with Crippen LogP contribution in [0.5, 0.6) is 0 Å². The van der Waals surface area contributed by atoms with E-state index in [0.29, 0.717) is 6.29 Å². The van der Waals surface area contributed by atoms with Crippen LogP contribution in [0.4, 0.5) is 0 Å². The van der Waals surface area contributed by atoms with Gasteiger partial charge in [-0.3, -0.25) is 86.3 Å². The Morgan fingerprint density at radius 1 is 0.360 bits per heavy atom. The highest BCUT2D eigenvalue weighted by molar-refractivity contribution is 6.03. The van der Waals surface area contributed by atoms with Crippen LogP contribution in [0.3, 0.4) is 0 Å². The van der Waals surface area contributed by atoms with Crippen molar-refractivity contribution in [3.63, 3.8) is 0 Å². The highest BCUT2D eigenvalue weighted by Crippen LogP contribution is 2.21. The number of carbonyl (C=O) groups is 19. The number of primary amides is 3. The summed E-state index contributed by atoms with van der Waals surface area (Å²) in [6.45, 7) is 29.9. The maximum Gasteiger partial charge on any atom is 0.246 e. The molecule has 38 nitrogen and oxygen atoms in total. The fourth-order valence-electron chi connectivity index (χ4n) is 11.2. The number of hydrogen-bond acceptors (Lipinski definition) is 19. The van der Waals surface area contributed by atoms with Gasteiger partial charge in [0.15, 0.2) is 0 Å². The smallest absolute Gasteiger partial charge is 0.246 e. The van der Waals surface area contributed by atoms with Crippen molar-refractivity contribution < 1.29 is 91.1 Å². The monoisotopic (exact) mass is 1610 g/mol. The van der Waals surface area contributed by atoms with Crippen molar-refractivity contribution in [1.82, 2.24) is 84.7 Å². The summed E-state index contributed by atoms with van der Waals surface area (Å²) in [5, 5.41) is 38.9. The van der Waals surface area contributed by atoms with Gasteiger partial charge in [-0.2, -0.15) is 0 Å². The number of nitrogens with one attached hydrogen (secondary N) is 16. The van der Waals surface area contributed by atoms with E-state index < -0.39 is 220 Å². The lowest BCUT2D eigenvalue weighted by atomic mass is 9.96. The van der Waals surface area contributed by atoms with Gasteiger partial charge in [0.25, 0.3) is 0 Å². The highest BCUT2D eigenvalue weighted by Gasteiger charge is 2.44. The number of para-hydroxylation sites is 1. The summed E-state index contributed by atoms with van der Waals surface area (Å²) in [6, 6.07) is -4.73. The summed E-state index contributed by atoms with van der Waals surface area (Å²) in [6.07, 6.45) is 0.155. The van der Waals surface area contributed by atoms with E-state index in [1.54, 1.807) is 33.9 Å². The van der Waals surface area contributed by atoms with Crippen LogP contribution in [-0.2, 0) is 97.5 Å². The summed E-state index contributed by atoms with van der Waals surface area (Å²) in [5.41, 5.74) is 6.73. The van der Waals surface area contributed by atoms with Crippen LogP contribution in [0.25, 0.3) is 10.9 Å². The third-order valence-corrected chi connectivity index (χ3v) is 18.1. The first-order valence-corrected chi connectivity index (χ1v) is 37.8. The molecule has 9 atom stereocenters. The second-order valence-corrected chi connectivity index (χ2v) is 33.2. The number of aldehydes is 1. The quantitative estimate of drug-likeness (QED) is 0.0308. The molecule has 0 bridgehead atoms. The first-order chi connectivity index (χ1) is 52.3. The Bertz CT molecular complexity index is 3880. The van der Waals surface area contributed by atoms with Gasteiger partial charge >= 0.3 is 0 Å². The molecule has 0 saturated carbocycles. The zero-order valence-corrected chi connectivity index (χ0v) is 69.5. The average Bonchev–Trinajstić information content (AvgIpc) is 1.33. The molecule has 22 N–H and O–H groups in total. The molecule has 114 heavy (non-hydrogen) atoms. The van der Waals surface area contributed by atoms with E-state index in [9.17, 15) is 91.1 Å². The minimum absolute atomic E-state index is 0.00131. The molecule has 0 fully saturated rings. The van der Waals surface area contributed by atoms with E-state index in [0.717, 1.165) is 16.5 Å². The Morgan fingerprint density at radius 2 is 0.667 bits per heavy atom. The standard InChI is InChI=1S/C76H123N19O19/c1-38(2)32-45(37-96)84-60(104)49(27-30-55(78)99)87-66(110)71(10,11)92-63(107)51(33-39(3)4)85-61(105)50(28-31-56(79)100)88-67(111)73(14,15)94-69(113)75(18,19)90-57(101)41(7)81-59(103)48(26-29-54(77)98)86-65(109)72(12,13)93-64(108)52(34-40(5)6)89-68(112)74(16,17)95-70(114)76(20,21)91-58(102)42(8)82-62(106)53(83-43(9)97)35-44-36-80-47-25-23-22-24-46(44)47/h22-25,36-42,45,48-53,80H,26-35H2,1-21H3,(H2,77,98)(H2,78,99)(H2,79,100)(H,81,103)(H,82,106)(H,83,97)(H,84,104)(H,85,105)(H,86,109)(H,87,110)(H,88,111)(H,89,112)(H,90,101)(H,91,102)(H,92,107)(H,93,108)(H,94,113)(H,95,114)/t41-,42-,45-,48-,49-,50-,51-,52-,53-/m0/s1. The molecule has 0 radical (unpaired) electrons. The first-order valence-electron chi connectivity index (χ1n) is 37.8. The van der Waals surface area contributed by atoms with Crippen LogP contribution >= 0.6 is 0 Å². The predicted molar refractivity (Wildman–Crippen MR) is 419 cm³/mol. The molecule has 0 aliphatic rings. The van der Waals surface area contributed by atoms with Crippen molar-refractivity contribution in [2.45, 2.75) is 297 Å². The normalized spacial score (nSPS) is 14.4. The number of amides is 18. The van der Waals surface area contributed by atoms with Crippen LogP contribution in [0.1, 0.15) is 209 Å². The topological polar surface area (TPSA) is 599 Å². The van der Waals surface area contributed by atoms with Crippen LogP contribution in [-0.4, -0.2) is 205 Å². The van der Waals surface area contributed by atoms with Crippen molar-refractivity contribution >= 4 is 124 Å². The van der Waals surface area contributed by atoms with Crippen LogP contribution in [0.15, 0.2) is 30.5 Å². The van der Waals surface area contributed by atoms with E-state index in [-0.39, 0.29) is 56.3 Å². The Morgan fingerprint density at radius 3 is 1.02 bits per heavy atom. The van der Waals surface area contributed by atoms with Gasteiger partial charge in [-0.15, -0.1) is 0 Å². The molecule has 1 heterocycles. The Hall–Kier alpha value is -11.1. The molecule has 1 aromatic heterocycles. The van der Waals surface area contributed by atoms with Gasteiger partial charge < -0.3 is 107 Å². The summed E-state index contributed by atoms with van der Waals surface area (Å²) in [7, 11) is 0. The number of aromatic amines is 1. The van der Waals surface area contributed by atoms with Crippen molar-refractivity contribution in [2.24, 2.45) is 35.0 Å². The van der Waals surface area contributed by atoms with Gasteiger partial charge in [0, 0.05) is 49.7 Å². The number of rotatable bonds is 47. The van der Waals surface area contributed by atoms with E-state index in [1.807, 2.05) is 38.1 Å². The maximum absolute atomic E-state index is 14.2. The molecule has 1 aromatic carbocycles. The third kappa shape index (κ3) is 32.5. The van der Waals surface area contributed by atoms with Crippen molar-refractivity contribution in [3.05, 3.63) is 36.0 Å². The Balaban J connectivity index is 2.23. The van der Waals surface area contributed by atoms with E-state index in [2.05, 4.69) is 84.7 Å². The van der Waals surface area contributed by atoms with E-state index in [1.165, 1.54) is 104 Å². The van der Waals surface area contributed by atoms with E-state index >= 15 is 0 Å². The molecule has 0 aliphatic carbocycles. The lowest BCUT2D eigenvalue weighted by Crippen LogP contribution is -2.66. The SMILES string of the molecule is CC(=O)N[C@@H](Cc1c[nH]c2ccccc12)C(=O)N[C@@H](C)C(=O)NC(C)(C)C(=O)NC(C)(C)C(=O)N[C@@H](CC(C)C)C(=O)NC(C)(C)C(=O)N[C@@H](CCC(N)=O)C(=O)N[C@@H](C)C(=O)NC(C)(C)C(=O)NC(C)(C)C(=O)N[C@@H](CCC(N)=O)C(=O)N[C@@H](CC(C)C)C(=O)NC(C)(C)C(=O)N[C@@H](CCC(N)=O)C(=O)N[C@H](C=O)CC(C)C. The molecule has 0 spiro atoms. The van der Waals surface area contributed by atoms with Crippen LogP contribution in [0.2, 0.25) is 0 Å². The third-order valence-electron chi connectivity index (χ3n) is 18.1. The number of hydrogen-bond donors (Lipinski definition) is 19. The number of nitrogens with two attached hydrogens (primary N) is 3. The summed E-state index contributed by atoms with van der Waals surface area (Å²) in [5.74, 6) is -16.3. The van der Waals surface area contributed by atoms with Gasteiger partial charge in [0.2, 0.25) is 106 Å². The minimum atomic E-state index is -1.93. The molecule has 0 unspecified atom stereocenters. The van der Waals surface area contributed by atoms with Crippen molar-refractivity contribution in [2.75, 3.05) is 0 Å². The molecule has 0 aliphatic heterocycles. The number of fused-ring (bicyclic) bond motifs is 1. The molecule has 2 rings (SSSR count). The second-order valence-electron chi connectivity index (χ2n) is 33.2. The molecule has 0 saturated heterocycles. The summed E-state index contributed by atoms with van der Waals surface area (Å²) < 4.78 is 0. The summed E-state index contributed by atoms with van der Waals surface area (Å²) >= 11 is 0. The first kappa shape index (κ1) is 99.0. The summed E-state index contributed by atoms with van der Waals surface area (Å²) in [4.78, 5) is 258. The largest absolute Gasteiger partial charge is 0.370 e. The number of carbonyl (C=O) groups excluding carboxylic acids is 19. The van der Waals surface area contributed by atoms with Crippen molar-refractivity contribution in [3.8, 4) is 0 Å². The lowest BCUT2D eigenvalue weighted by molar-refractivity contribution is -0.140. The Labute approximate surface area is 664 Å². The second kappa shape index (κ2) is 42.7. The van der Waals surface area contributed by atoms with Gasteiger partial charge in [0.1, 0.15) is 87.9 Å². The molecule has 18 amide bonds. The van der Waals surface area contributed by atoms with Crippen LogP contribution in [0, 0.1) is 17.8 Å². The number of benzene rings is 1. The molecule has 2 aromatic rings. The molecule has 38 heteroatoms. The van der Waals surface area contributed by atoms with Crippen LogP contribution < -0.4 is 97.0 Å². The lowest BCUT2D eigenvalue weighted by Gasteiger charge is -2.34. The Kier molecular flexibility index (Phi) is 37.0. The molecular formula is C76H123N19O19. The molecule has 636 valence electrons. The fraction of sp³-hybridized carbons (Fsp3) is 0.645. The van der Waals surface area contributed by atoms with Crippen molar-refractivity contribution in [1.29, 1.82) is 0 Å². The van der Waals surface area contributed by atoms with Gasteiger partial charge in [-0.05, 0) is 165 Å². The van der Waals surface area contributed by atoms with Gasteiger partial charge in [-0.1, -0.05) is 59.7 Å². The average molecular weight is 1610 g/mol. The predicted octanol–water partition coefficient (Wildman–Crippen LogP) is -2.36. The maximum atomic E-state index is 14.2. The number of H-pyrrole nitrogens is 1. The van der Waals surface area contributed by atoms with E-state index in [4.69, 9.17) is 17.2 Å². The minimum Gasteiger partial charge on any atom is -0.370 e. The zero-order valence-electron chi connectivity index (χ0n) is 69.5. The highest BCUT2D eigenvalue weighted by atomic mass is 16.2. The molecular weight excluding hydrogens is 1480 g/mol. The van der Waals surface area contributed by atoms with Gasteiger partial charge in [0.05, 0.1) is 6.04 Å². The van der Waals surface area contributed by atoms with Gasteiger partial charge in [-0.25, -0.2) is 0 Å². The number of aromatic nitrogens is 1. The zero-order chi connectivity index (χ0) is 87.7. The fourth-order valence-corrected chi connectivity index (χ4v) is 11.2.